The van der Waals surface area contributed by atoms with Crippen LogP contribution in [0.25, 0.3) is 0 Å². The zero-order chi connectivity index (χ0) is 11.2. The van der Waals surface area contributed by atoms with Crippen molar-refractivity contribution in [2.24, 2.45) is 0 Å². The largest absolute Gasteiger partial charge is 1.00 e. The maximum absolute atomic E-state index is 8.93. The van der Waals surface area contributed by atoms with Crippen LogP contribution in [0.5, 0.6) is 0 Å². The van der Waals surface area contributed by atoms with Crippen molar-refractivity contribution in [3.63, 3.8) is 0 Å². The summed E-state index contributed by atoms with van der Waals surface area (Å²) in [5, 5.41) is 8.93. The maximum Gasteiger partial charge on any atom is 0.283 e. The van der Waals surface area contributed by atoms with Gasteiger partial charge in [-0.25, -0.2) is 0 Å². The van der Waals surface area contributed by atoms with Gasteiger partial charge < -0.3 is 12.4 Å². The molecular formula is C13H12ClN3. The van der Waals surface area contributed by atoms with Gasteiger partial charge in [-0.15, -0.1) is 0 Å². The van der Waals surface area contributed by atoms with Crippen LogP contribution in [-0.4, -0.2) is 4.98 Å². The van der Waals surface area contributed by atoms with Crippen molar-refractivity contribution in [3.8, 4) is 6.07 Å². The second-order valence-electron chi connectivity index (χ2n) is 3.46. The number of aromatic nitrogens is 2. The van der Waals surface area contributed by atoms with Crippen LogP contribution in [0.3, 0.4) is 0 Å². The van der Waals surface area contributed by atoms with Crippen molar-refractivity contribution in [3.05, 3.63) is 60.2 Å². The van der Waals surface area contributed by atoms with Crippen molar-refractivity contribution in [2.75, 3.05) is 0 Å². The Morgan fingerprint density at radius 3 is 2.71 bits per heavy atom. The highest BCUT2D eigenvalue weighted by atomic mass is 35.5. The summed E-state index contributed by atoms with van der Waals surface area (Å²) in [5.41, 5.74) is 1.72. The van der Waals surface area contributed by atoms with E-state index < -0.39 is 0 Å². The number of hydrogen-bond acceptors (Lipinski definition) is 2. The van der Waals surface area contributed by atoms with Gasteiger partial charge in [0, 0.05) is 30.4 Å². The maximum atomic E-state index is 8.93. The van der Waals surface area contributed by atoms with Crippen LogP contribution in [0.2, 0.25) is 0 Å². The molecule has 0 amide bonds. The monoisotopic (exact) mass is 245 g/mol. The van der Waals surface area contributed by atoms with E-state index in [0.29, 0.717) is 5.69 Å². The van der Waals surface area contributed by atoms with Crippen molar-refractivity contribution < 1.29 is 17.0 Å². The van der Waals surface area contributed by atoms with Gasteiger partial charge in [-0.1, -0.05) is 6.07 Å². The van der Waals surface area contributed by atoms with Crippen molar-refractivity contribution in [2.45, 2.75) is 13.0 Å². The molecule has 0 aromatic carbocycles. The Morgan fingerprint density at radius 2 is 2.00 bits per heavy atom. The summed E-state index contributed by atoms with van der Waals surface area (Å²) in [5.74, 6) is 0. The smallest absolute Gasteiger partial charge is 0.283 e. The lowest BCUT2D eigenvalue weighted by atomic mass is 10.2. The SMILES string of the molecule is N#Cc1cccc[n+]1CCc1ccccn1.[Cl-]. The molecule has 0 fully saturated rings. The molecule has 0 bridgehead atoms. The zero-order valence-corrected chi connectivity index (χ0v) is 10.0. The molecule has 0 radical (unpaired) electrons. The van der Waals surface area contributed by atoms with E-state index in [-0.39, 0.29) is 12.4 Å². The molecule has 0 unspecified atom stereocenters. The topological polar surface area (TPSA) is 40.6 Å². The van der Waals surface area contributed by atoms with Crippen LogP contribution in [0.15, 0.2) is 48.8 Å². The molecule has 2 heterocycles. The minimum Gasteiger partial charge on any atom is -1.00 e. The number of nitrogens with zero attached hydrogens (tertiary/aromatic N) is 3. The van der Waals surface area contributed by atoms with Crippen LogP contribution in [0.4, 0.5) is 0 Å². The van der Waals surface area contributed by atoms with E-state index in [0.717, 1.165) is 18.7 Å². The average Bonchev–Trinajstić information content (AvgIpc) is 2.38. The molecule has 0 aliphatic carbocycles. The first-order chi connectivity index (χ1) is 7.90. The summed E-state index contributed by atoms with van der Waals surface area (Å²) < 4.78 is 1.94. The number of nitriles is 1. The van der Waals surface area contributed by atoms with E-state index in [2.05, 4.69) is 11.1 Å². The zero-order valence-electron chi connectivity index (χ0n) is 9.25. The van der Waals surface area contributed by atoms with Crippen molar-refractivity contribution in [1.29, 1.82) is 5.26 Å². The number of aryl methyl sites for hydroxylation is 2. The summed E-state index contributed by atoms with van der Waals surface area (Å²) in [6, 6.07) is 13.7. The van der Waals surface area contributed by atoms with Gasteiger partial charge in [0.05, 0.1) is 0 Å². The van der Waals surface area contributed by atoms with Gasteiger partial charge in [-0.05, 0) is 18.2 Å². The first-order valence-corrected chi connectivity index (χ1v) is 5.18. The van der Waals surface area contributed by atoms with Gasteiger partial charge in [0.2, 0.25) is 0 Å². The summed E-state index contributed by atoms with van der Waals surface area (Å²) >= 11 is 0. The van der Waals surface area contributed by atoms with Crippen LogP contribution < -0.4 is 17.0 Å². The Morgan fingerprint density at radius 1 is 1.18 bits per heavy atom. The standard InChI is InChI=1S/C13H12N3.ClH/c14-11-13-6-2-4-9-16(13)10-7-12-5-1-3-8-15-12;/h1-6,8-9H,7,10H2;1H/q+1;/p-1. The van der Waals surface area contributed by atoms with E-state index in [1.165, 1.54) is 0 Å². The first-order valence-electron chi connectivity index (χ1n) is 5.18. The Bertz CT molecular complexity index is 506. The van der Waals surface area contributed by atoms with Gasteiger partial charge in [-0.3, -0.25) is 4.98 Å². The molecule has 0 aliphatic heterocycles. The first kappa shape index (κ1) is 13.1. The highest BCUT2D eigenvalue weighted by Crippen LogP contribution is 1.95. The number of hydrogen-bond donors (Lipinski definition) is 0. The fourth-order valence-corrected chi connectivity index (χ4v) is 1.55. The lowest BCUT2D eigenvalue weighted by molar-refractivity contribution is -0.698. The van der Waals surface area contributed by atoms with Gasteiger partial charge in [0.1, 0.15) is 0 Å². The molecule has 2 rings (SSSR count). The molecule has 0 spiro atoms. The lowest BCUT2D eigenvalue weighted by Gasteiger charge is -1.98. The molecule has 0 saturated heterocycles. The van der Waals surface area contributed by atoms with Crippen molar-refractivity contribution >= 4 is 0 Å². The third-order valence-corrected chi connectivity index (χ3v) is 2.39. The molecule has 0 saturated carbocycles. The quantitative estimate of drug-likeness (QED) is 0.617. The number of halogens is 1. The van der Waals surface area contributed by atoms with E-state index in [1.807, 2.05) is 47.2 Å². The van der Waals surface area contributed by atoms with Crippen LogP contribution >= 0.6 is 0 Å². The minimum atomic E-state index is 0. The van der Waals surface area contributed by atoms with Gasteiger partial charge in [-0.2, -0.15) is 9.83 Å². The van der Waals surface area contributed by atoms with Crippen LogP contribution in [-0.2, 0) is 13.0 Å². The summed E-state index contributed by atoms with van der Waals surface area (Å²) in [4.78, 5) is 4.25. The predicted molar refractivity (Wildman–Crippen MR) is 59.3 cm³/mol. The molecule has 17 heavy (non-hydrogen) atoms. The summed E-state index contributed by atoms with van der Waals surface area (Å²) in [6.45, 7) is 0.779. The molecule has 86 valence electrons. The summed E-state index contributed by atoms with van der Waals surface area (Å²) in [6.07, 6.45) is 4.54. The minimum absolute atomic E-state index is 0. The van der Waals surface area contributed by atoms with Crippen LogP contribution in [0, 0.1) is 11.3 Å². The Hall–Kier alpha value is -1.92. The highest BCUT2D eigenvalue weighted by molar-refractivity contribution is 5.13. The predicted octanol–water partition coefficient (Wildman–Crippen LogP) is -1.51. The second kappa shape index (κ2) is 6.62. The summed E-state index contributed by atoms with van der Waals surface area (Å²) in [7, 11) is 0. The Kier molecular flexibility index (Phi) is 5.12. The van der Waals surface area contributed by atoms with E-state index in [4.69, 9.17) is 5.26 Å². The fourth-order valence-electron chi connectivity index (χ4n) is 1.55. The molecule has 3 nitrogen and oxygen atoms in total. The molecule has 2 aromatic rings. The van der Waals surface area contributed by atoms with Gasteiger partial charge >= 0.3 is 0 Å². The number of pyridine rings is 2. The molecule has 0 aliphatic rings. The highest BCUT2D eigenvalue weighted by Gasteiger charge is 2.08. The fraction of sp³-hybridized carbons (Fsp3) is 0.154. The van der Waals surface area contributed by atoms with Gasteiger partial charge in [0.15, 0.2) is 18.8 Å². The number of rotatable bonds is 3. The van der Waals surface area contributed by atoms with Crippen LogP contribution in [0.1, 0.15) is 11.4 Å². The molecule has 2 aromatic heterocycles. The molecular weight excluding hydrogens is 234 g/mol. The Labute approximate surface area is 107 Å². The van der Waals surface area contributed by atoms with E-state index >= 15 is 0 Å². The molecule has 4 heteroatoms. The van der Waals surface area contributed by atoms with E-state index in [9.17, 15) is 0 Å². The lowest BCUT2D eigenvalue weighted by Crippen LogP contribution is -3.00. The van der Waals surface area contributed by atoms with Crippen molar-refractivity contribution in [1.82, 2.24) is 4.98 Å². The third-order valence-electron chi connectivity index (χ3n) is 2.39. The third kappa shape index (κ3) is 3.54. The molecule has 0 atom stereocenters. The molecule has 0 N–H and O–H groups in total. The second-order valence-corrected chi connectivity index (χ2v) is 3.46. The normalized spacial score (nSPS) is 9.12. The van der Waals surface area contributed by atoms with Gasteiger partial charge in [0.25, 0.3) is 5.69 Å². The van der Waals surface area contributed by atoms with E-state index in [1.54, 1.807) is 6.20 Å². The average molecular weight is 246 g/mol. The Balaban J connectivity index is 0.00000144.